The van der Waals surface area contributed by atoms with Crippen molar-refractivity contribution in [3.63, 3.8) is 0 Å². The van der Waals surface area contributed by atoms with Gasteiger partial charge in [0, 0.05) is 23.6 Å². The minimum absolute atomic E-state index is 0.0622. The van der Waals surface area contributed by atoms with E-state index in [9.17, 15) is 0 Å². The Morgan fingerprint density at radius 2 is 2.10 bits per heavy atom. The maximum absolute atomic E-state index is 6.23. The smallest absolute Gasteiger partial charge is 0.191 e. The van der Waals surface area contributed by atoms with Gasteiger partial charge in [-0.25, -0.2) is 0 Å². The first kappa shape index (κ1) is 18.5. The van der Waals surface area contributed by atoms with E-state index in [-0.39, 0.29) is 6.04 Å². The van der Waals surface area contributed by atoms with Crippen molar-refractivity contribution in [2.75, 3.05) is 25.6 Å². The fourth-order valence-electron chi connectivity index (χ4n) is 1.91. The SMILES string of the molecule is CN=C(NCCCCSC)NC(C)c1ccc(Cl)cc1Cl. The van der Waals surface area contributed by atoms with Crippen molar-refractivity contribution < 1.29 is 0 Å². The number of halogens is 2. The molecule has 0 aliphatic rings. The highest BCUT2D eigenvalue weighted by atomic mass is 35.5. The van der Waals surface area contributed by atoms with Gasteiger partial charge in [0.25, 0.3) is 0 Å². The topological polar surface area (TPSA) is 36.4 Å². The van der Waals surface area contributed by atoms with Gasteiger partial charge in [-0.2, -0.15) is 11.8 Å². The van der Waals surface area contributed by atoms with Gasteiger partial charge in [-0.1, -0.05) is 29.3 Å². The molecule has 0 heterocycles. The largest absolute Gasteiger partial charge is 0.356 e. The van der Waals surface area contributed by atoms with Crippen molar-refractivity contribution in [2.45, 2.75) is 25.8 Å². The fraction of sp³-hybridized carbons (Fsp3) is 0.533. The van der Waals surface area contributed by atoms with E-state index in [0.717, 1.165) is 24.5 Å². The Morgan fingerprint density at radius 3 is 2.71 bits per heavy atom. The van der Waals surface area contributed by atoms with Gasteiger partial charge < -0.3 is 10.6 Å². The highest BCUT2D eigenvalue weighted by Gasteiger charge is 2.11. The second-order valence-electron chi connectivity index (χ2n) is 4.73. The van der Waals surface area contributed by atoms with Gasteiger partial charge in [-0.05, 0) is 49.5 Å². The maximum atomic E-state index is 6.23. The minimum atomic E-state index is 0.0622. The van der Waals surface area contributed by atoms with Crippen molar-refractivity contribution in [2.24, 2.45) is 4.99 Å². The van der Waals surface area contributed by atoms with Crippen LogP contribution in [0.5, 0.6) is 0 Å². The Kier molecular flexibility index (Phi) is 8.97. The summed E-state index contributed by atoms with van der Waals surface area (Å²) in [5, 5.41) is 7.97. The summed E-state index contributed by atoms with van der Waals surface area (Å²) in [6.45, 7) is 2.97. The molecule has 118 valence electrons. The van der Waals surface area contributed by atoms with Crippen LogP contribution in [-0.4, -0.2) is 31.6 Å². The van der Waals surface area contributed by atoms with Crippen LogP contribution in [0, 0.1) is 0 Å². The number of thioether (sulfide) groups is 1. The second kappa shape index (κ2) is 10.2. The van der Waals surface area contributed by atoms with Gasteiger partial charge in [-0.15, -0.1) is 0 Å². The van der Waals surface area contributed by atoms with Crippen LogP contribution in [0.15, 0.2) is 23.2 Å². The molecule has 1 unspecified atom stereocenters. The van der Waals surface area contributed by atoms with E-state index < -0.39 is 0 Å². The minimum Gasteiger partial charge on any atom is -0.356 e. The number of nitrogens with one attached hydrogen (secondary N) is 2. The third-order valence-corrected chi connectivity index (χ3v) is 4.33. The first-order valence-corrected chi connectivity index (χ1v) is 9.14. The highest BCUT2D eigenvalue weighted by molar-refractivity contribution is 7.98. The van der Waals surface area contributed by atoms with Crippen molar-refractivity contribution in [1.82, 2.24) is 10.6 Å². The average molecular weight is 348 g/mol. The van der Waals surface area contributed by atoms with Crippen LogP contribution < -0.4 is 10.6 Å². The summed E-state index contributed by atoms with van der Waals surface area (Å²) >= 11 is 14.0. The maximum Gasteiger partial charge on any atom is 0.191 e. The molecule has 1 atom stereocenters. The van der Waals surface area contributed by atoms with E-state index in [0.29, 0.717) is 10.0 Å². The van der Waals surface area contributed by atoms with Gasteiger partial charge in [0.2, 0.25) is 0 Å². The van der Waals surface area contributed by atoms with Crippen LogP contribution in [-0.2, 0) is 0 Å². The zero-order chi connectivity index (χ0) is 15.7. The molecule has 0 saturated heterocycles. The average Bonchev–Trinajstić information content (AvgIpc) is 2.45. The molecule has 2 N–H and O–H groups in total. The van der Waals surface area contributed by atoms with Crippen molar-refractivity contribution in [3.8, 4) is 0 Å². The van der Waals surface area contributed by atoms with Gasteiger partial charge in [0.1, 0.15) is 0 Å². The molecule has 0 spiro atoms. The molecule has 21 heavy (non-hydrogen) atoms. The van der Waals surface area contributed by atoms with E-state index in [1.807, 2.05) is 23.9 Å². The third kappa shape index (κ3) is 6.81. The Morgan fingerprint density at radius 1 is 1.33 bits per heavy atom. The molecule has 0 aliphatic heterocycles. The van der Waals surface area contributed by atoms with Crippen LogP contribution >= 0.6 is 35.0 Å². The number of hydrogen-bond acceptors (Lipinski definition) is 2. The van der Waals surface area contributed by atoms with Crippen LogP contribution in [0.25, 0.3) is 0 Å². The van der Waals surface area contributed by atoms with Crippen molar-refractivity contribution in [1.29, 1.82) is 0 Å². The van der Waals surface area contributed by atoms with E-state index >= 15 is 0 Å². The molecule has 0 amide bonds. The first-order valence-electron chi connectivity index (χ1n) is 6.99. The number of aliphatic imine (C=N–C) groups is 1. The van der Waals surface area contributed by atoms with Crippen molar-refractivity contribution in [3.05, 3.63) is 33.8 Å². The lowest BCUT2D eigenvalue weighted by Gasteiger charge is -2.19. The number of rotatable bonds is 7. The third-order valence-electron chi connectivity index (χ3n) is 3.07. The molecule has 3 nitrogen and oxygen atoms in total. The number of benzene rings is 1. The summed E-state index contributed by atoms with van der Waals surface area (Å²) in [7, 11) is 1.77. The highest BCUT2D eigenvalue weighted by Crippen LogP contribution is 2.25. The number of unbranched alkanes of at least 4 members (excludes halogenated alkanes) is 1. The summed E-state index contributed by atoms with van der Waals surface area (Å²) in [4.78, 5) is 4.24. The van der Waals surface area contributed by atoms with E-state index in [2.05, 4.69) is 28.8 Å². The lowest BCUT2D eigenvalue weighted by molar-refractivity contribution is 0.672. The molecule has 1 aromatic carbocycles. The quantitative estimate of drug-likeness (QED) is 0.437. The molecule has 0 radical (unpaired) electrons. The number of nitrogens with zero attached hydrogens (tertiary/aromatic N) is 1. The van der Waals surface area contributed by atoms with Crippen LogP contribution in [0.3, 0.4) is 0 Å². The van der Waals surface area contributed by atoms with Crippen molar-refractivity contribution >= 4 is 40.9 Å². The Labute approximate surface area is 141 Å². The molecule has 0 saturated carbocycles. The molecule has 0 aromatic heterocycles. The molecule has 1 aromatic rings. The summed E-state index contributed by atoms with van der Waals surface area (Å²) in [5.41, 5.74) is 1.01. The Hall–Kier alpha value is -0.580. The lowest BCUT2D eigenvalue weighted by atomic mass is 10.1. The fourth-order valence-corrected chi connectivity index (χ4v) is 2.97. The molecule has 0 aliphatic carbocycles. The first-order chi connectivity index (χ1) is 10.1. The van der Waals surface area contributed by atoms with Crippen LogP contribution in [0.4, 0.5) is 0 Å². The van der Waals surface area contributed by atoms with E-state index in [1.165, 1.54) is 12.2 Å². The standard InChI is InChI=1S/C15H23Cl2N3S/c1-11(13-7-6-12(16)10-14(13)17)20-15(18-2)19-8-4-5-9-21-3/h6-7,10-11H,4-5,8-9H2,1-3H3,(H2,18,19,20). The van der Waals surface area contributed by atoms with Gasteiger partial charge >= 0.3 is 0 Å². The number of guanidine groups is 1. The molecular weight excluding hydrogens is 325 g/mol. The molecule has 6 heteroatoms. The predicted octanol–water partition coefficient (Wildman–Crippen LogP) is 4.36. The zero-order valence-corrected chi connectivity index (χ0v) is 15.1. The molecular formula is C15H23Cl2N3S. The van der Waals surface area contributed by atoms with Gasteiger partial charge in [0.15, 0.2) is 5.96 Å². The van der Waals surface area contributed by atoms with Gasteiger partial charge in [0.05, 0.1) is 6.04 Å². The lowest BCUT2D eigenvalue weighted by Crippen LogP contribution is -2.39. The number of hydrogen-bond donors (Lipinski definition) is 2. The molecule has 1 rings (SSSR count). The van der Waals surface area contributed by atoms with Crippen LogP contribution in [0.1, 0.15) is 31.4 Å². The monoisotopic (exact) mass is 347 g/mol. The summed E-state index contributed by atoms with van der Waals surface area (Å²) < 4.78 is 0. The van der Waals surface area contributed by atoms with Gasteiger partial charge in [-0.3, -0.25) is 4.99 Å². The second-order valence-corrected chi connectivity index (χ2v) is 6.56. The van der Waals surface area contributed by atoms with Crippen LogP contribution in [0.2, 0.25) is 10.0 Å². The zero-order valence-electron chi connectivity index (χ0n) is 12.7. The molecule has 0 bridgehead atoms. The summed E-state index contributed by atoms with van der Waals surface area (Å²) in [5.74, 6) is 1.99. The summed E-state index contributed by atoms with van der Waals surface area (Å²) in [6.07, 6.45) is 4.48. The Balaban J connectivity index is 2.49. The normalized spacial score (nSPS) is 13.1. The Bertz CT molecular complexity index is 466. The molecule has 0 fully saturated rings. The predicted molar refractivity (Wildman–Crippen MR) is 97.0 cm³/mol. The van der Waals surface area contributed by atoms with E-state index in [4.69, 9.17) is 23.2 Å². The summed E-state index contributed by atoms with van der Waals surface area (Å²) in [6, 6.07) is 5.61. The van der Waals surface area contributed by atoms with E-state index in [1.54, 1.807) is 13.1 Å².